The average molecular weight is 380 g/mol. The molecule has 0 bridgehead atoms. The van der Waals surface area contributed by atoms with E-state index in [4.69, 9.17) is 4.74 Å². The van der Waals surface area contributed by atoms with E-state index in [9.17, 15) is 4.79 Å². The zero-order valence-corrected chi connectivity index (χ0v) is 16.8. The van der Waals surface area contributed by atoms with E-state index in [1.807, 2.05) is 38.1 Å². The number of likely N-dealkylation sites (tertiary alicyclic amines) is 1. The summed E-state index contributed by atoms with van der Waals surface area (Å²) in [7, 11) is 0. The molecule has 1 aromatic heterocycles. The van der Waals surface area contributed by atoms with E-state index < -0.39 is 0 Å². The number of aromatic nitrogens is 1. The van der Waals surface area contributed by atoms with E-state index in [-0.39, 0.29) is 5.91 Å². The molecule has 1 saturated carbocycles. The summed E-state index contributed by atoms with van der Waals surface area (Å²) in [5.74, 6) is 0.869. The van der Waals surface area contributed by atoms with E-state index in [1.54, 1.807) is 12.4 Å². The molecule has 1 aliphatic carbocycles. The van der Waals surface area contributed by atoms with Gasteiger partial charge in [-0.25, -0.2) is 0 Å². The molecule has 2 fully saturated rings. The Balaban J connectivity index is 1.34. The van der Waals surface area contributed by atoms with Crippen LogP contribution in [0.1, 0.15) is 52.7 Å². The standard InChI is InChI=1S/C23H29N3O2/c1-16-10-19(11-17(2)22(16)28-15-18-6-5-7-24-14-18)23(27)25-20-12-21(13-20)26-8-3-4-9-26/h5-7,10-11,14,20-21H,3-4,8-9,12-13,15H2,1-2H3,(H,25,27). The Morgan fingerprint density at radius 1 is 1.21 bits per heavy atom. The molecule has 4 rings (SSSR count). The smallest absolute Gasteiger partial charge is 0.251 e. The van der Waals surface area contributed by atoms with Crippen molar-refractivity contribution in [3.8, 4) is 5.75 Å². The van der Waals surface area contributed by atoms with Gasteiger partial charge in [0.1, 0.15) is 12.4 Å². The first kappa shape index (κ1) is 18.9. The van der Waals surface area contributed by atoms with Crippen molar-refractivity contribution < 1.29 is 9.53 Å². The molecule has 5 heteroatoms. The van der Waals surface area contributed by atoms with E-state index in [2.05, 4.69) is 15.2 Å². The predicted molar refractivity (Wildman–Crippen MR) is 110 cm³/mol. The summed E-state index contributed by atoms with van der Waals surface area (Å²) in [5.41, 5.74) is 3.71. The van der Waals surface area contributed by atoms with Crippen LogP contribution in [0.4, 0.5) is 0 Å². The zero-order chi connectivity index (χ0) is 19.5. The SMILES string of the molecule is Cc1cc(C(=O)NC2CC(N3CCCC3)C2)cc(C)c1OCc1cccnc1. The molecule has 1 saturated heterocycles. The molecule has 1 aromatic carbocycles. The van der Waals surface area contributed by atoms with Crippen LogP contribution in [0.3, 0.4) is 0 Å². The first-order chi connectivity index (χ1) is 13.6. The summed E-state index contributed by atoms with van der Waals surface area (Å²) in [4.78, 5) is 19.4. The van der Waals surface area contributed by atoms with Crippen molar-refractivity contribution in [1.29, 1.82) is 0 Å². The highest BCUT2D eigenvalue weighted by atomic mass is 16.5. The number of carbonyl (C=O) groups excluding carboxylic acids is 1. The third-order valence-corrected chi connectivity index (χ3v) is 5.93. The Morgan fingerprint density at radius 2 is 1.93 bits per heavy atom. The van der Waals surface area contributed by atoms with Crippen LogP contribution < -0.4 is 10.1 Å². The van der Waals surface area contributed by atoms with Gasteiger partial charge in [-0.05, 0) is 81.9 Å². The first-order valence-corrected chi connectivity index (χ1v) is 10.3. The monoisotopic (exact) mass is 379 g/mol. The fraction of sp³-hybridized carbons (Fsp3) is 0.478. The summed E-state index contributed by atoms with van der Waals surface area (Å²) >= 11 is 0. The van der Waals surface area contributed by atoms with Gasteiger partial charge in [0.2, 0.25) is 0 Å². The maximum absolute atomic E-state index is 12.7. The number of amides is 1. The lowest BCUT2D eigenvalue weighted by Crippen LogP contribution is -2.53. The third kappa shape index (κ3) is 4.20. The minimum Gasteiger partial charge on any atom is -0.488 e. The molecule has 1 N–H and O–H groups in total. The van der Waals surface area contributed by atoms with Crippen LogP contribution in [0, 0.1) is 13.8 Å². The lowest BCUT2D eigenvalue weighted by molar-refractivity contribution is 0.0819. The molecule has 1 aliphatic heterocycles. The normalized spacial score (nSPS) is 21.9. The molecule has 28 heavy (non-hydrogen) atoms. The Morgan fingerprint density at radius 3 is 2.57 bits per heavy atom. The number of hydrogen-bond acceptors (Lipinski definition) is 4. The van der Waals surface area contributed by atoms with Gasteiger partial charge in [-0.3, -0.25) is 9.78 Å². The molecule has 2 aromatic rings. The molecular weight excluding hydrogens is 350 g/mol. The predicted octanol–water partition coefficient (Wildman–Crippen LogP) is 3.63. The van der Waals surface area contributed by atoms with Gasteiger partial charge >= 0.3 is 0 Å². The number of benzene rings is 1. The topological polar surface area (TPSA) is 54.5 Å². The molecule has 0 atom stereocenters. The van der Waals surface area contributed by atoms with Crippen molar-refractivity contribution in [2.75, 3.05) is 13.1 Å². The second kappa shape index (κ2) is 8.31. The van der Waals surface area contributed by atoms with Crippen molar-refractivity contribution in [2.24, 2.45) is 0 Å². The third-order valence-electron chi connectivity index (χ3n) is 5.93. The summed E-state index contributed by atoms with van der Waals surface area (Å²) in [6, 6.07) is 8.73. The van der Waals surface area contributed by atoms with E-state index >= 15 is 0 Å². The van der Waals surface area contributed by atoms with Crippen LogP contribution in [-0.4, -0.2) is 41.0 Å². The number of hydrogen-bond donors (Lipinski definition) is 1. The Labute approximate surface area is 167 Å². The van der Waals surface area contributed by atoms with Gasteiger partial charge < -0.3 is 15.0 Å². The van der Waals surface area contributed by atoms with Gasteiger partial charge in [0.15, 0.2) is 0 Å². The van der Waals surface area contributed by atoms with Crippen LogP contribution >= 0.6 is 0 Å². The minimum absolute atomic E-state index is 0.0230. The molecule has 5 nitrogen and oxygen atoms in total. The van der Waals surface area contributed by atoms with Crippen LogP contribution in [0.15, 0.2) is 36.7 Å². The summed E-state index contributed by atoms with van der Waals surface area (Å²) < 4.78 is 6.00. The molecule has 0 unspecified atom stereocenters. The van der Waals surface area contributed by atoms with Crippen LogP contribution in [0.5, 0.6) is 5.75 Å². The van der Waals surface area contributed by atoms with E-state index in [0.29, 0.717) is 24.3 Å². The second-order valence-corrected chi connectivity index (χ2v) is 8.13. The van der Waals surface area contributed by atoms with E-state index in [0.717, 1.165) is 35.3 Å². The molecule has 2 aliphatic rings. The largest absolute Gasteiger partial charge is 0.488 e. The zero-order valence-electron chi connectivity index (χ0n) is 16.8. The highest BCUT2D eigenvalue weighted by Gasteiger charge is 2.35. The average Bonchev–Trinajstić information content (AvgIpc) is 3.18. The van der Waals surface area contributed by atoms with Crippen LogP contribution in [0.25, 0.3) is 0 Å². The molecule has 148 valence electrons. The van der Waals surface area contributed by atoms with Gasteiger partial charge in [-0.1, -0.05) is 6.07 Å². The fourth-order valence-corrected chi connectivity index (χ4v) is 4.33. The Bertz CT molecular complexity index is 802. The summed E-state index contributed by atoms with van der Waals surface area (Å²) in [5, 5.41) is 3.20. The van der Waals surface area contributed by atoms with Gasteiger partial charge in [0.25, 0.3) is 5.91 Å². The Kier molecular flexibility index (Phi) is 5.62. The first-order valence-electron chi connectivity index (χ1n) is 10.3. The number of nitrogens with zero attached hydrogens (tertiary/aromatic N) is 2. The summed E-state index contributed by atoms with van der Waals surface area (Å²) in [6.45, 7) is 6.92. The van der Waals surface area contributed by atoms with Crippen molar-refractivity contribution in [1.82, 2.24) is 15.2 Å². The maximum atomic E-state index is 12.7. The summed E-state index contributed by atoms with van der Waals surface area (Å²) in [6.07, 6.45) is 8.36. The number of carbonyl (C=O) groups is 1. The van der Waals surface area contributed by atoms with Gasteiger partial charge in [0.05, 0.1) is 0 Å². The molecule has 0 spiro atoms. The van der Waals surface area contributed by atoms with Crippen molar-refractivity contribution in [2.45, 2.75) is 58.2 Å². The number of ether oxygens (including phenoxy) is 1. The van der Waals surface area contributed by atoms with E-state index in [1.165, 1.54) is 25.9 Å². The van der Waals surface area contributed by atoms with Gasteiger partial charge in [0, 0.05) is 35.6 Å². The Hall–Kier alpha value is -2.40. The molecular formula is C23H29N3O2. The van der Waals surface area contributed by atoms with Crippen LogP contribution in [0.2, 0.25) is 0 Å². The van der Waals surface area contributed by atoms with Gasteiger partial charge in [-0.2, -0.15) is 0 Å². The van der Waals surface area contributed by atoms with Crippen molar-refractivity contribution in [3.63, 3.8) is 0 Å². The van der Waals surface area contributed by atoms with Crippen LogP contribution in [-0.2, 0) is 6.61 Å². The number of rotatable bonds is 6. The molecule has 2 heterocycles. The number of aryl methyl sites for hydroxylation is 2. The van der Waals surface area contributed by atoms with Crippen molar-refractivity contribution >= 4 is 5.91 Å². The number of nitrogens with one attached hydrogen (secondary N) is 1. The highest BCUT2D eigenvalue weighted by Crippen LogP contribution is 2.30. The van der Waals surface area contributed by atoms with Crippen molar-refractivity contribution in [3.05, 3.63) is 58.9 Å². The minimum atomic E-state index is 0.0230. The highest BCUT2D eigenvalue weighted by molar-refractivity contribution is 5.95. The maximum Gasteiger partial charge on any atom is 0.251 e. The lowest BCUT2D eigenvalue weighted by Gasteiger charge is -2.41. The molecule has 0 radical (unpaired) electrons. The number of pyridine rings is 1. The quantitative estimate of drug-likeness (QED) is 0.833. The lowest BCUT2D eigenvalue weighted by atomic mass is 9.85. The van der Waals surface area contributed by atoms with Gasteiger partial charge in [-0.15, -0.1) is 0 Å². The fourth-order valence-electron chi connectivity index (χ4n) is 4.33. The second-order valence-electron chi connectivity index (χ2n) is 8.13. The molecule has 1 amide bonds.